The van der Waals surface area contributed by atoms with Crippen LogP contribution in [-0.4, -0.2) is 38.0 Å². The molecule has 1 atom stereocenters. The van der Waals surface area contributed by atoms with Crippen LogP contribution in [0.25, 0.3) is 10.8 Å². The van der Waals surface area contributed by atoms with Crippen molar-refractivity contribution in [3.63, 3.8) is 0 Å². The molecule has 0 bridgehead atoms. The summed E-state index contributed by atoms with van der Waals surface area (Å²) in [6.45, 7) is 6.49. The summed E-state index contributed by atoms with van der Waals surface area (Å²) in [5.74, 6) is -1.09. The highest BCUT2D eigenvalue weighted by atomic mass is 16.2. The number of rotatable bonds is 7. The molecule has 10 heteroatoms. The Hall–Kier alpha value is -4.60. The van der Waals surface area contributed by atoms with Gasteiger partial charge in [0.15, 0.2) is 6.04 Å². The summed E-state index contributed by atoms with van der Waals surface area (Å²) < 4.78 is 1.85. The van der Waals surface area contributed by atoms with Crippen LogP contribution in [0.2, 0.25) is 0 Å². The number of benzene rings is 2. The van der Waals surface area contributed by atoms with E-state index in [1.165, 1.54) is 6.21 Å². The molecular formula is C25H25N7O3. The third-order valence-electron chi connectivity index (χ3n) is 5.68. The lowest BCUT2D eigenvalue weighted by Crippen LogP contribution is -2.40. The third-order valence-corrected chi connectivity index (χ3v) is 5.68. The number of aryl methyl sites for hydroxylation is 2. The van der Waals surface area contributed by atoms with Crippen LogP contribution in [0.1, 0.15) is 46.0 Å². The van der Waals surface area contributed by atoms with Crippen molar-refractivity contribution in [2.24, 2.45) is 5.10 Å². The van der Waals surface area contributed by atoms with E-state index in [0.717, 1.165) is 17.0 Å². The van der Waals surface area contributed by atoms with Crippen LogP contribution in [0.3, 0.4) is 0 Å². The topological polar surface area (TPSA) is 134 Å². The minimum Gasteiger partial charge on any atom is -0.335 e. The number of carbonyl (C=O) groups is 2. The van der Waals surface area contributed by atoms with Crippen LogP contribution in [0.5, 0.6) is 0 Å². The molecule has 1 unspecified atom stereocenters. The van der Waals surface area contributed by atoms with Crippen LogP contribution in [0, 0.1) is 13.8 Å². The summed E-state index contributed by atoms with van der Waals surface area (Å²) in [6.07, 6.45) is 1.52. The molecule has 2 amide bonds. The van der Waals surface area contributed by atoms with Gasteiger partial charge in [0, 0.05) is 28.8 Å². The maximum Gasteiger partial charge on any atom is 0.272 e. The smallest absolute Gasteiger partial charge is 0.272 e. The van der Waals surface area contributed by atoms with Gasteiger partial charge >= 0.3 is 0 Å². The number of nitrogens with one attached hydrogen (secondary N) is 3. The summed E-state index contributed by atoms with van der Waals surface area (Å²) in [5.41, 5.74) is 5.17. The molecule has 0 saturated carbocycles. The first-order valence-corrected chi connectivity index (χ1v) is 11.1. The Labute approximate surface area is 201 Å². The van der Waals surface area contributed by atoms with E-state index in [1.54, 1.807) is 54.6 Å². The van der Waals surface area contributed by atoms with E-state index in [1.807, 2.05) is 25.5 Å². The van der Waals surface area contributed by atoms with Crippen molar-refractivity contribution >= 4 is 28.8 Å². The number of hydrogen-bond acceptors (Lipinski definition) is 6. The molecule has 178 valence electrons. The number of H-pyrrole nitrogens is 1. The Morgan fingerprint density at radius 1 is 1.09 bits per heavy atom. The lowest BCUT2D eigenvalue weighted by Gasteiger charge is -2.18. The predicted molar refractivity (Wildman–Crippen MR) is 132 cm³/mol. The highest BCUT2D eigenvalue weighted by molar-refractivity contribution is 5.99. The van der Waals surface area contributed by atoms with E-state index in [9.17, 15) is 14.4 Å². The quantitative estimate of drug-likeness (QED) is 0.281. The summed E-state index contributed by atoms with van der Waals surface area (Å²) in [4.78, 5) is 38.4. The fourth-order valence-corrected chi connectivity index (χ4v) is 3.85. The summed E-state index contributed by atoms with van der Waals surface area (Å²) in [7, 11) is 0. The van der Waals surface area contributed by atoms with Gasteiger partial charge in [-0.2, -0.15) is 15.3 Å². The Bertz CT molecular complexity index is 1470. The van der Waals surface area contributed by atoms with Gasteiger partial charge in [-0.3, -0.25) is 19.1 Å². The van der Waals surface area contributed by atoms with E-state index in [-0.39, 0.29) is 5.69 Å². The molecule has 0 spiro atoms. The molecule has 2 aromatic heterocycles. The number of aromatic nitrogens is 4. The maximum atomic E-state index is 13.3. The van der Waals surface area contributed by atoms with Crippen molar-refractivity contribution in [3.05, 3.63) is 93.2 Å². The van der Waals surface area contributed by atoms with E-state index >= 15 is 0 Å². The van der Waals surface area contributed by atoms with E-state index in [0.29, 0.717) is 22.9 Å². The number of aromatic amines is 1. The van der Waals surface area contributed by atoms with Crippen LogP contribution in [0.15, 0.2) is 64.5 Å². The monoisotopic (exact) mass is 471 g/mol. The molecule has 2 heterocycles. The SMILES string of the molecule is CCn1nc(C)c(/C=N/NC(=O)C(NC(=O)c2ccccc2)c2n[nH]c(=O)c3ccccc23)c1C. The summed E-state index contributed by atoms with van der Waals surface area (Å²) in [5, 5.41) is 18.6. The molecule has 0 aliphatic heterocycles. The first-order valence-electron chi connectivity index (χ1n) is 11.1. The lowest BCUT2D eigenvalue weighted by molar-refractivity contribution is -0.123. The van der Waals surface area contributed by atoms with Crippen molar-refractivity contribution < 1.29 is 9.59 Å². The first-order chi connectivity index (χ1) is 16.9. The van der Waals surface area contributed by atoms with Crippen molar-refractivity contribution in [3.8, 4) is 0 Å². The molecule has 0 aliphatic carbocycles. The first kappa shape index (κ1) is 23.6. The molecule has 0 radical (unpaired) electrons. The van der Waals surface area contributed by atoms with E-state index in [4.69, 9.17) is 0 Å². The van der Waals surface area contributed by atoms with Gasteiger partial charge in [-0.25, -0.2) is 10.5 Å². The molecular weight excluding hydrogens is 446 g/mol. The second-order valence-electron chi connectivity index (χ2n) is 7.89. The van der Waals surface area contributed by atoms with Gasteiger partial charge in [-0.15, -0.1) is 0 Å². The minimum atomic E-state index is -1.22. The van der Waals surface area contributed by atoms with Crippen LogP contribution in [-0.2, 0) is 11.3 Å². The second kappa shape index (κ2) is 10.1. The predicted octanol–water partition coefficient (Wildman–Crippen LogP) is 2.38. The van der Waals surface area contributed by atoms with Gasteiger partial charge in [0.1, 0.15) is 5.69 Å². The zero-order valence-corrected chi connectivity index (χ0v) is 19.6. The highest BCUT2D eigenvalue weighted by Crippen LogP contribution is 2.20. The Morgan fingerprint density at radius 3 is 2.46 bits per heavy atom. The average Bonchev–Trinajstić information content (AvgIpc) is 3.16. The van der Waals surface area contributed by atoms with Crippen molar-refractivity contribution in [2.75, 3.05) is 0 Å². The maximum absolute atomic E-state index is 13.3. The fourth-order valence-electron chi connectivity index (χ4n) is 3.85. The number of fused-ring (bicyclic) bond motifs is 1. The van der Waals surface area contributed by atoms with Gasteiger partial charge in [0.2, 0.25) is 0 Å². The van der Waals surface area contributed by atoms with Gasteiger partial charge < -0.3 is 5.32 Å². The molecule has 3 N–H and O–H groups in total. The normalized spacial score (nSPS) is 12.1. The van der Waals surface area contributed by atoms with Crippen LogP contribution >= 0.6 is 0 Å². The summed E-state index contributed by atoms with van der Waals surface area (Å²) in [6, 6.07) is 14.0. The average molecular weight is 472 g/mol. The molecule has 10 nitrogen and oxygen atoms in total. The minimum absolute atomic E-state index is 0.198. The zero-order chi connectivity index (χ0) is 24.9. The van der Waals surface area contributed by atoms with Crippen LogP contribution in [0.4, 0.5) is 0 Å². The summed E-state index contributed by atoms with van der Waals surface area (Å²) >= 11 is 0. The van der Waals surface area contributed by atoms with Gasteiger partial charge in [-0.05, 0) is 39.0 Å². The highest BCUT2D eigenvalue weighted by Gasteiger charge is 2.27. The largest absolute Gasteiger partial charge is 0.335 e. The molecule has 0 fully saturated rings. The number of hydrogen-bond donors (Lipinski definition) is 3. The number of nitrogens with zero attached hydrogens (tertiary/aromatic N) is 4. The third kappa shape index (κ3) is 4.86. The van der Waals surface area contributed by atoms with Gasteiger partial charge in [0.05, 0.1) is 17.3 Å². The van der Waals surface area contributed by atoms with Crippen molar-refractivity contribution in [1.29, 1.82) is 0 Å². The van der Waals surface area contributed by atoms with E-state index < -0.39 is 23.4 Å². The number of amides is 2. The van der Waals surface area contributed by atoms with Crippen molar-refractivity contribution in [1.82, 2.24) is 30.7 Å². The molecule has 35 heavy (non-hydrogen) atoms. The fraction of sp³-hybridized carbons (Fsp3) is 0.200. The Kier molecular flexibility index (Phi) is 6.81. The molecule has 2 aromatic carbocycles. The zero-order valence-electron chi connectivity index (χ0n) is 19.6. The number of carbonyl (C=O) groups excluding carboxylic acids is 2. The second-order valence-corrected chi connectivity index (χ2v) is 7.89. The van der Waals surface area contributed by atoms with E-state index in [2.05, 4.69) is 31.1 Å². The Balaban J connectivity index is 1.68. The standard InChI is InChI=1S/C25H25N7O3/c1-4-32-16(3)20(15(2)31-32)14-26-29-25(35)22(27-23(33)17-10-6-5-7-11-17)21-18-12-8-9-13-19(18)24(34)30-28-21/h5-14,22H,4H2,1-3H3,(H,27,33)(H,29,35)(H,30,34)/b26-14+. The molecule has 0 saturated heterocycles. The van der Waals surface area contributed by atoms with Gasteiger partial charge in [0.25, 0.3) is 17.4 Å². The van der Waals surface area contributed by atoms with Gasteiger partial charge in [-0.1, -0.05) is 36.4 Å². The molecule has 4 aromatic rings. The molecule has 0 aliphatic rings. The molecule has 4 rings (SSSR count). The lowest BCUT2D eigenvalue weighted by atomic mass is 10.0. The Morgan fingerprint density at radius 2 is 1.77 bits per heavy atom. The van der Waals surface area contributed by atoms with Crippen molar-refractivity contribution in [2.45, 2.75) is 33.4 Å². The van der Waals surface area contributed by atoms with Crippen LogP contribution < -0.4 is 16.3 Å². The number of hydrazone groups is 1.